The number of aliphatic hydroxyl groups excluding tert-OH is 1. The fourth-order valence-corrected chi connectivity index (χ4v) is 2.49. The highest BCUT2D eigenvalue weighted by molar-refractivity contribution is 5.97. The first-order valence-corrected chi connectivity index (χ1v) is 7.03. The number of carbonyl (C=O) groups is 1. The second-order valence-corrected chi connectivity index (χ2v) is 5.58. The van der Waals surface area contributed by atoms with Gasteiger partial charge in [0.05, 0.1) is 12.1 Å². The standard InChI is InChI=1S/C18H21NO2/c1-13-8-7-9-14(2)16(13)17(21)19-18(3,12-20)15-10-5-4-6-11-15/h4-11,20H,12H2,1-3H3,(H,19,21). The third-order valence-electron chi connectivity index (χ3n) is 3.82. The molecule has 0 bridgehead atoms. The number of carbonyl (C=O) groups excluding carboxylic acids is 1. The molecular formula is C18H21NO2. The Morgan fingerprint density at radius 1 is 1.05 bits per heavy atom. The first-order chi connectivity index (χ1) is 9.98. The summed E-state index contributed by atoms with van der Waals surface area (Å²) in [4.78, 5) is 12.6. The van der Waals surface area contributed by atoms with Gasteiger partial charge < -0.3 is 10.4 Å². The number of rotatable bonds is 4. The Bertz CT molecular complexity index is 617. The lowest BCUT2D eigenvalue weighted by molar-refractivity contribution is 0.0848. The molecule has 0 aliphatic rings. The molecule has 1 amide bonds. The Labute approximate surface area is 125 Å². The number of aliphatic hydroxyl groups is 1. The molecule has 3 heteroatoms. The second-order valence-electron chi connectivity index (χ2n) is 5.58. The van der Waals surface area contributed by atoms with Crippen molar-refractivity contribution >= 4 is 5.91 Å². The zero-order chi connectivity index (χ0) is 15.5. The number of aryl methyl sites for hydroxylation is 2. The van der Waals surface area contributed by atoms with Gasteiger partial charge in [0.2, 0.25) is 0 Å². The molecular weight excluding hydrogens is 262 g/mol. The summed E-state index contributed by atoms with van der Waals surface area (Å²) in [6, 6.07) is 15.3. The quantitative estimate of drug-likeness (QED) is 0.906. The summed E-state index contributed by atoms with van der Waals surface area (Å²) < 4.78 is 0. The van der Waals surface area contributed by atoms with Crippen LogP contribution in [0.25, 0.3) is 0 Å². The van der Waals surface area contributed by atoms with E-state index in [2.05, 4.69) is 5.32 Å². The van der Waals surface area contributed by atoms with Gasteiger partial charge in [-0.2, -0.15) is 0 Å². The van der Waals surface area contributed by atoms with Crippen molar-refractivity contribution in [2.75, 3.05) is 6.61 Å². The molecule has 0 aliphatic carbocycles. The van der Waals surface area contributed by atoms with Gasteiger partial charge in [0.15, 0.2) is 0 Å². The van der Waals surface area contributed by atoms with Crippen LogP contribution in [-0.4, -0.2) is 17.6 Å². The van der Waals surface area contributed by atoms with E-state index >= 15 is 0 Å². The lowest BCUT2D eigenvalue weighted by Crippen LogP contribution is -2.46. The van der Waals surface area contributed by atoms with E-state index in [0.29, 0.717) is 5.56 Å². The maximum Gasteiger partial charge on any atom is 0.252 e. The number of benzene rings is 2. The van der Waals surface area contributed by atoms with Gasteiger partial charge in [-0.1, -0.05) is 48.5 Å². The first-order valence-electron chi connectivity index (χ1n) is 7.03. The van der Waals surface area contributed by atoms with Gasteiger partial charge in [-0.3, -0.25) is 4.79 Å². The Morgan fingerprint density at radius 3 is 2.14 bits per heavy atom. The molecule has 1 atom stereocenters. The second kappa shape index (κ2) is 6.10. The summed E-state index contributed by atoms with van der Waals surface area (Å²) in [5, 5.41) is 12.7. The van der Waals surface area contributed by atoms with Gasteiger partial charge >= 0.3 is 0 Å². The highest BCUT2D eigenvalue weighted by atomic mass is 16.3. The van der Waals surface area contributed by atoms with E-state index in [-0.39, 0.29) is 12.5 Å². The molecule has 0 spiro atoms. The van der Waals surface area contributed by atoms with Crippen molar-refractivity contribution in [1.29, 1.82) is 0 Å². The Hall–Kier alpha value is -2.13. The minimum Gasteiger partial charge on any atom is -0.394 e. The van der Waals surface area contributed by atoms with Crippen molar-refractivity contribution in [2.45, 2.75) is 26.3 Å². The van der Waals surface area contributed by atoms with Crippen LogP contribution >= 0.6 is 0 Å². The topological polar surface area (TPSA) is 49.3 Å². The predicted octanol–water partition coefficient (Wildman–Crippen LogP) is 2.94. The highest BCUT2D eigenvalue weighted by Gasteiger charge is 2.28. The summed E-state index contributed by atoms with van der Waals surface area (Å²) in [5.74, 6) is -0.161. The average molecular weight is 283 g/mol. The van der Waals surface area contributed by atoms with Gasteiger partial charge in [-0.05, 0) is 37.5 Å². The number of nitrogens with one attached hydrogen (secondary N) is 1. The van der Waals surface area contributed by atoms with Gasteiger partial charge in [0.1, 0.15) is 0 Å². The lowest BCUT2D eigenvalue weighted by atomic mass is 9.91. The highest BCUT2D eigenvalue weighted by Crippen LogP contribution is 2.22. The number of amides is 1. The fraction of sp³-hybridized carbons (Fsp3) is 0.278. The van der Waals surface area contributed by atoms with Crippen LogP contribution in [-0.2, 0) is 5.54 Å². The SMILES string of the molecule is Cc1cccc(C)c1C(=O)NC(C)(CO)c1ccccc1. The summed E-state index contributed by atoms with van der Waals surface area (Å²) in [6.07, 6.45) is 0. The molecule has 2 N–H and O–H groups in total. The lowest BCUT2D eigenvalue weighted by Gasteiger charge is -2.30. The molecule has 1 unspecified atom stereocenters. The predicted molar refractivity (Wildman–Crippen MR) is 84.3 cm³/mol. The molecule has 0 saturated carbocycles. The van der Waals surface area contributed by atoms with Gasteiger partial charge in [0, 0.05) is 5.56 Å². The normalized spacial score (nSPS) is 13.5. The molecule has 110 valence electrons. The van der Waals surface area contributed by atoms with Crippen LogP contribution < -0.4 is 5.32 Å². The number of hydrogen-bond acceptors (Lipinski definition) is 2. The molecule has 2 aromatic carbocycles. The van der Waals surface area contributed by atoms with Crippen molar-refractivity contribution in [3.63, 3.8) is 0 Å². The number of hydrogen-bond donors (Lipinski definition) is 2. The van der Waals surface area contributed by atoms with Crippen molar-refractivity contribution in [3.05, 3.63) is 70.8 Å². The molecule has 2 rings (SSSR count). The minimum absolute atomic E-state index is 0.159. The molecule has 0 heterocycles. The van der Waals surface area contributed by atoms with Crippen LogP contribution in [0.1, 0.15) is 34.0 Å². The fourth-order valence-electron chi connectivity index (χ4n) is 2.49. The van der Waals surface area contributed by atoms with E-state index in [1.807, 2.05) is 69.3 Å². The maximum absolute atomic E-state index is 12.6. The Morgan fingerprint density at radius 2 is 1.62 bits per heavy atom. The molecule has 3 nitrogen and oxygen atoms in total. The monoisotopic (exact) mass is 283 g/mol. The summed E-state index contributed by atoms with van der Waals surface area (Å²) in [6.45, 7) is 5.50. The van der Waals surface area contributed by atoms with E-state index in [4.69, 9.17) is 0 Å². The molecule has 0 saturated heterocycles. The van der Waals surface area contributed by atoms with Gasteiger partial charge in [-0.25, -0.2) is 0 Å². The molecule has 2 aromatic rings. The van der Waals surface area contributed by atoms with Crippen molar-refractivity contribution in [1.82, 2.24) is 5.32 Å². The van der Waals surface area contributed by atoms with Gasteiger partial charge in [-0.15, -0.1) is 0 Å². The van der Waals surface area contributed by atoms with Crippen LogP contribution in [0, 0.1) is 13.8 Å². The Kier molecular flexibility index (Phi) is 4.43. The van der Waals surface area contributed by atoms with E-state index in [0.717, 1.165) is 16.7 Å². The molecule has 21 heavy (non-hydrogen) atoms. The molecule has 0 fully saturated rings. The molecule has 0 aliphatic heterocycles. The maximum atomic E-state index is 12.6. The van der Waals surface area contributed by atoms with Gasteiger partial charge in [0.25, 0.3) is 5.91 Å². The average Bonchev–Trinajstić information content (AvgIpc) is 2.48. The van der Waals surface area contributed by atoms with Crippen LogP contribution in [0.15, 0.2) is 48.5 Å². The van der Waals surface area contributed by atoms with E-state index < -0.39 is 5.54 Å². The third-order valence-corrected chi connectivity index (χ3v) is 3.82. The zero-order valence-electron chi connectivity index (χ0n) is 12.7. The van der Waals surface area contributed by atoms with Crippen molar-refractivity contribution in [3.8, 4) is 0 Å². The molecule has 0 aromatic heterocycles. The summed E-state index contributed by atoms with van der Waals surface area (Å²) in [7, 11) is 0. The van der Waals surface area contributed by atoms with E-state index in [1.54, 1.807) is 0 Å². The van der Waals surface area contributed by atoms with E-state index in [9.17, 15) is 9.90 Å². The van der Waals surface area contributed by atoms with Crippen LogP contribution in [0.3, 0.4) is 0 Å². The van der Waals surface area contributed by atoms with Crippen molar-refractivity contribution < 1.29 is 9.90 Å². The summed E-state index contributed by atoms with van der Waals surface area (Å²) in [5.41, 5.74) is 2.62. The van der Waals surface area contributed by atoms with E-state index in [1.165, 1.54) is 0 Å². The smallest absolute Gasteiger partial charge is 0.252 e. The Balaban J connectivity index is 2.33. The van der Waals surface area contributed by atoms with Crippen molar-refractivity contribution in [2.24, 2.45) is 0 Å². The molecule has 0 radical (unpaired) electrons. The summed E-state index contributed by atoms with van der Waals surface area (Å²) >= 11 is 0. The third kappa shape index (κ3) is 3.14. The first kappa shape index (κ1) is 15.3. The largest absolute Gasteiger partial charge is 0.394 e. The van der Waals surface area contributed by atoms with Crippen LogP contribution in [0.5, 0.6) is 0 Å². The minimum atomic E-state index is -0.799. The zero-order valence-corrected chi connectivity index (χ0v) is 12.7. The van der Waals surface area contributed by atoms with Crippen LogP contribution in [0.4, 0.5) is 0 Å². The van der Waals surface area contributed by atoms with Crippen LogP contribution in [0.2, 0.25) is 0 Å².